The van der Waals surface area contributed by atoms with Gasteiger partial charge in [-0.1, -0.05) is 37.9 Å². The number of sulfone groups is 1. The summed E-state index contributed by atoms with van der Waals surface area (Å²) in [6.07, 6.45) is 1.28. The van der Waals surface area contributed by atoms with Crippen molar-refractivity contribution in [1.82, 2.24) is 0 Å². The number of hydrogen-bond donors (Lipinski definition) is 0. The molecular weight excluding hydrogens is 380 g/mol. The number of rotatable bonds is 3. The highest BCUT2D eigenvalue weighted by molar-refractivity contribution is 9.10. The lowest BCUT2D eigenvalue weighted by molar-refractivity contribution is 0.548. The van der Waals surface area contributed by atoms with Crippen molar-refractivity contribution in [2.75, 3.05) is 6.26 Å². The van der Waals surface area contributed by atoms with Gasteiger partial charge in [-0.3, -0.25) is 0 Å². The molecule has 1 aromatic rings. The molecule has 0 bridgehead atoms. The van der Waals surface area contributed by atoms with Crippen molar-refractivity contribution in [2.45, 2.75) is 37.3 Å². The molecule has 0 aliphatic rings. The Morgan fingerprint density at radius 3 is 2.11 bits per heavy atom. The maximum Gasteiger partial charge on any atom is 0.154 e. The molecule has 0 aliphatic carbocycles. The summed E-state index contributed by atoms with van der Waals surface area (Å²) in [4.78, 5) is -0.230. The van der Waals surface area contributed by atoms with Crippen LogP contribution >= 0.6 is 31.9 Å². The van der Waals surface area contributed by atoms with E-state index in [4.69, 9.17) is 0 Å². The Kier molecular flexibility index (Phi) is 4.72. The lowest BCUT2D eigenvalue weighted by atomic mass is 9.96. The number of hydrogen-bond acceptors (Lipinski definition) is 2. The second kappa shape index (κ2) is 5.25. The van der Waals surface area contributed by atoms with Gasteiger partial charge in [0.2, 0.25) is 0 Å². The van der Waals surface area contributed by atoms with E-state index in [1.165, 1.54) is 6.26 Å². The molecule has 102 valence electrons. The van der Waals surface area contributed by atoms with E-state index in [2.05, 4.69) is 31.9 Å². The van der Waals surface area contributed by atoms with Gasteiger partial charge in [-0.05, 0) is 50.5 Å². The van der Waals surface area contributed by atoms with Gasteiger partial charge >= 0.3 is 0 Å². The van der Waals surface area contributed by atoms with Crippen molar-refractivity contribution >= 4 is 41.7 Å². The van der Waals surface area contributed by atoms with Crippen LogP contribution in [0.5, 0.6) is 0 Å². The van der Waals surface area contributed by atoms with E-state index in [9.17, 15) is 8.42 Å². The molecule has 1 aromatic carbocycles. The smallest absolute Gasteiger partial charge is 0.154 e. The first kappa shape index (κ1) is 16.2. The van der Waals surface area contributed by atoms with Gasteiger partial charge in [0.25, 0.3) is 0 Å². The third kappa shape index (κ3) is 2.99. The predicted molar refractivity (Wildman–Crippen MR) is 84.2 cm³/mol. The molecule has 2 nitrogen and oxygen atoms in total. The van der Waals surface area contributed by atoms with Crippen molar-refractivity contribution in [3.8, 4) is 0 Å². The summed E-state index contributed by atoms with van der Waals surface area (Å²) in [7, 11) is -3.15. The van der Waals surface area contributed by atoms with E-state index in [1.807, 2.05) is 26.0 Å². The van der Waals surface area contributed by atoms with Crippen LogP contribution in [-0.4, -0.2) is 19.4 Å². The fourth-order valence-corrected chi connectivity index (χ4v) is 4.11. The van der Waals surface area contributed by atoms with Gasteiger partial charge in [0.05, 0.1) is 9.57 Å². The second-order valence-electron chi connectivity index (χ2n) is 5.20. The number of aryl methyl sites for hydroxylation is 2. The lowest BCUT2D eigenvalue weighted by Gasteiger charge is -2.30. The summed E-state index contributed by atoms with van der Waals surface area (Å²) < 4.78 is 24.0. The zero-order valence-corrected chi connectivity index (χ0v) is 15.2. The molecule has 0 heterocycles. The molecule has 5 heteroatoms. The molecule has 0 aliphatic heterocycles. The number of benzene rings is 1. The summed E-state index contributed by atoms with van der Waals surface area (Å²) in [6.45, 7) is 7.49. The van der Waals surface area contributed by atoms with Crippen LogP contribution in [0.4, 0.5) is 0 Å². The van der Waals surface area contributed by atoms with E-state index in [-0.39, 0.29) is 4.83 Å². The first-order valence-corrected chi connectivity index (χ1v) is 9.19. The molecular formula is C13H18Br2O2S. The lowest BCUT2D eigenvalue weighted by Crippen LogP contribution is -2.35. The van der Waals surface area contributed by atoms with Gasteiger partial charge in [-0.2, -0.15) is 0 Å². The maximum atomic E-state index is 11.9. The van der Waals surface area contributed by atoms with Gasteiger partial charge in [0.1, 0.15) is 0 Å². The Bertz CT molecular complexity index is 563. The Balaban J connectivity index is 3.36. The van der Waals surface area contributed by atoms with Crippen LogP contribution in [0.15, 0.2) is 16.6 Å². The van der Waals surface area contributed by atoms with Crippen LogP contribution < -0.4 is 0 Å². The van der Waals surface area contributed by atoms with Crippen LogP contribution in [0.25, 0.3) is 0 Å². The molecule has 0 spiro atoms. The highest BCUT2D eigenvalue weighted by atomic mass is 79.9. The Hall–Kier alpha value is 0.130. The molecule has 1 unspecified atom stereocenters. The second-order valence-corrected chi connectivity index (χ2v) is 9.56. The first-order chi connectivity index (χ1) is 7.98. The summed E-state index contributed by atoms with van der Waals surface area (Å²) in [5.41, 5.74) is 3.20. The van der Waals surface area contributed by atoms with E-state index in [1.54, 1.807) is 13.8 Å². The van der Waals surface area contributed by atoms with Crippen LogP contribution in [0, 0.1) is 13.8 Å². The molecule has 0 fully saturated rings. The highest BCUT2D eigenvalue weighted by Crippen LogP contribution is 2.41. The van der Waals surface area contributed by atoms with E-state index in [0.29, 0.717) is 0 Å². The van der Waals surface area contributed by atoms with E-state index >= 15 is 0 Å². The highest BCUT2D eigenvalue weighted by Gasteiger charge is 2.39. The summed E-state index contributed by atoms with van der Waals surface area (Å²) >= 11 is 7.04. The Morgan fingerprint density at radius 2 is 1.67 bits per heavy atom. The molecule has 0 saturated carbocycles. The van der Waals surface area contributed by atoms with Gasteiger partial charge in [0.15, 0.2) is 9.84 Å². The quantitative estimate of drug-likeness (QED) is 0.711. The fraction of sp³-hybridized carbons (Fsp3) is 0.538. The molecule has 0 radical (unpaired) electrons. The molecule has 1 atom stereocenters. The fourth-order valence-electron chi connectivity index (χ4n) is 1.64. The summed E-state index contributed by atoms with van der Waals surface area (Å²) in [5.74, 6) is 0. The van der Waals surface area contributed by atoms with Crippen LogP contribution in [0.2, 0.25) is 0 Å². The SMILES string of the molecule is Cc1cc(C(Br)C(C)(C)S(C)(=O)=O)c(C)cc1Br. The molecule has 0 amide bonds. The number of halogens is 2. The summed E-state index contributed by atoms with van der Waals surface area (Å²) in [6, 6.07) is 4.06. The third-order valence-corrected chi connectivity index (χ3v) is 8.33. The van der Waals surface area contributed by atoms with Gasteiger partial charge < -0.3 is 0 Å². The van der Waals surface area contributed by atoms with Gasteiger partial charge in [-0.15, -0.1) is 0 Å². The standard InChI is InChI=1S/C13H18Br2O2S/c1-8-7-11(14)9(2)6-10(8)12(15)13(3,4)18(5,16)17/h6-7,12H,1-5H3. The van der Waals surface area contributed by atoms with Crippen LogP contribution in [-0.2, 0) is 9.84 Å². The minimum Gasteiger partial charge on any atom is -0.229 e. The van der Waals surface area contributed by atoms with Gasteiger partial charge in [-0.25, -0.2) is 8.42 Å². The van der Waals surface area contributed by atoms with Crippen molar-refractivity contribution in [3.63, 3.8) is 0 Å². The molecule has 18 heavy (non-hydrogen) atoms. The largest absolute Gasteiger partial charge is 0.229 e. The van der Waals surface area contributed by atoms with Crippen LogP contribution in [0.3, 0.4) is 0 Å². The maximum absolute atomic E-state index is 11.9. The zero-order valence-electron chi connectivity index (χ0n) is 11.2. The van der Waals surface area contributed by atoms with Crippen molar-refractivity contribution in [3.05, 3.63) is 33.3 Å². The minimum atomic E-state index is -3.15. The third-order valence-electron chi connectivity index (χ3n) is 3.39. The van der Waals surface area contributed by atoms with Crippen molar-refractivity contribution in [1.29, 1.82) is 0 Å². The average Bonchev–Trinajstić information content (AvgIpc) is 2.20. The predicted octanol–water partition coefficient (Wildman–Crippen LogP) is 4.33. The monoisotopic (exact) mass is 396 g/mol. The van der Waals surface area contributed by atoms with E-state index in [0.717, 1.165) is 21.2 Å². The molecule has 0 saturated heterocycles. The number of alkyl halides is 1. The van der Waals surface area contributed by atoms with Gasteiger partial charge in [0, 0.05) is 10.7 Å². The molecule has 1 rings (SSSR count). The Morgan fingerprint density at radius 1 is 1.17 bits per heavy atom. The molecule has 0 N–H and O–H groups in total. The normalized spacial score (nSPS) is 14.6. The topological polar surface area (TPSA) is 34.1 Å². The average molecular weight is 398 g/mol. The van der Waals surface area contributed by atoms with Crippen LogP contribution in [0.1, 0.15) is 35.4 Å². The summed E-state index contributed by atoms with van der Waals surface area (Å²) in [5, 5.41) is 0. The first-order valence-electron chi connectivity index (χ1n) is 5.58. The van der Waals surface area contributed by atoms with E-state index < -0.39 is 14.6 Å². The minimum absolute atomic E-state index is 0.230. The zero-order chi connectivity index (χ0) is 14.3. The Labute approximate surface area is 126 Å². The van der Waals surface area contributed by atoms with Crippen molar-refractivity contribution in [2.24, 2.45) is 0 Å². The molecule has 0 aromatic heterocycles. The van der Waals surface area contributed by atoms with Crippen molar-refractivity contribution < 1.29 is 8.42 Å².